The zero-order valence-corrected chi connectivity index (χ0v) is 14.7. The van der Waals surface area contributed by atoms with E-state index in [0.717, 1.165) is 5.56 Å². The summed E-state index contributed by atoms with van der Waals surface area (Å²) in [4.78, 5) is 24.2. The molecule has 0 saturated carbocycles. The van der Waals surface area contributed by atoms with Gasteiger partial charge in [0.25, 0.3) is 0 Å². The Balaban J connectivity index is 2.05. The van der Waals surface area contributed by atoms with Crippen LogP contribution in [0.4, 0.5) is 4.79 Å². The quantitative estimate of drug-likeness (QED) is 0.831. The Morgan fingerprint density at radius 3 is 2.08 bits per heavy atom. The van der Waals surface area contributed by atoms with Crippen LogP contribution in [0.15, 0.2) is 60.7 Å². The normalized spacial score (nSPS) is 12.1. The van der Waals surface area contributed by atoms with Crippen molar-refractivity contribution in [3.8, 4) is 0 Å². The van der Waals surface area contributed by atoms with Crippen LogP contribution in [0.1, 0.15) is 42.7 Å². The number of nitrogens with one attached hydrogen (secondary N) is 1. The third kappa shape index (κ3) is 6.30. The summed E-state index contributed by atoms with van der Waals surface area (Å²) in [5.41, 5.74) is 0.687. The maximum Gasteiger partial charge on any atom is 0.408 e. The molecule has 0 heterocycles. The molecule has 2 aromatic carbocycles. The largest absolute Gasteiger partial charge is 0.460 e. The molecule has 1 atom stereocenters. The van der Waals surface area contributed by atoms with Crippen LogP contribution in [-0.2, 0) is 9.47 Å². The van der Waals surface area contributed by atoms with Gasteiger partial charge in [0.2, 0.25) is 0 Å². The third-order valence-corrected chi connectivity index (χ3v) is 3.28. The minimum atomic E-state index is -0.605. The molecule has 5 nitrogen and oxygen atoms in total. The Hall–Kier alpha value is -2.82. The van der Waals surface area contributed by atoms with E-state index in [0.29, 0.717) is 5.56 Å². The molecule has 0 saturated heterocycles. The first-order valence-electron chi connectivity index (χ1n) is 8.12. The fourth-order valence-electron chi connectivity index (χ4n) is 2.17. The van der Waals surface area contributed by atoms with E-state index in [1.54, 1.807) is 45.0 Å². The minimum Gasteiger partial charge on any atom is -0.460 e. The predicted octanol–water partition coefficient (Wildman–Crippen LogP) is 4.11. The number of carbonyl (C=O) groups excluding carboxylic acids is 2. The molecule has 5 heteroatoms. The highest BCUT2D eigenvalue weighted by Gasteiger charge is 2.22. The van der Waals surface area contributed by atoms with Crippen molar-refractivity contribution in [3.63, 3.8) is 0 Å². The van der Waals surface area contributed by atoms with Crippen LogP contribution in [0.2, 0.25) is 0 Å². The van der Waals surface area contributed by atoms with Gasteiger partial charge in [0.1, 0.15) is 12.2 Å². The zero-order chi connectivity index (χ0) is 18.3. The van der Waals surface area contributed by atoms with Crippen molar-refractivity contribution < 1.29 is 19.1 Å². The molecule has 0 aliphatic carbocycles. The number of ether oxygens (including phenoxy) is 2. The summed E-state index contributed by atoms with van der Waals surface area (Å²) in [7, 11) is 0. The van der Waals surface area contributed by atoms with Crippen molar-refractivity contribution in [1.29, 1.82) is 0 Å². The first-order valence-corrected chi connectivity index (χ1v) is 8.12. The maximum absolute atomic E-state index is 12.1. The van der Waals surface area contributed by atoms with Crippen molar-refractivity contribution in [3.05, 3.63) is 71.8 Å². The average Bonchev–Trinajstić information content (AvgIpc) is 2.58. The van der Waals surface area contributed by atoms with E-state index in [4.69, 9.17) is 9.47 Å². The second kappa shape index (κ2) is 8.33. The molecule has 0 aliphatic heterocycles. The molecule has 0 bridgehead atoms. The molecule has 0 spiro atoms. The van der Waals surface area contributed by atoms with Crippen LogP contribution in [-0.4, -0.2) is 24.3 Å². The molecule has 0 unspecified atom stereocenters. The fourth-order valence-corrected chi connectivity index (χ4v) is 2.17. The van der Waals surface area contributed by atoms with E-state index < -0.39 is 23.7 Å². The van der Waals surface area contributed by atoms with Crippen LogP contribution in [0.25, 0.3) is 0 Å². The summed E-state index contributed by atoms with van der Waals surface area (Å²) in [6, 6.07) is 17.5. The number of esters is 1. The monoisotopic (exact) mass is 341 g/mol. The average molecular weight is 341 g/mol. The second-order valence-corrected chi connectivity index (χ2v) is 6.57. The van der Waals surface area contributed by atoms with E-state index in [-0.39, 0.29) is 6.61 Å². The van der Waals surface area contributed by atoms with Gasteiger partial charge < -0.3 is 14.8 Å². The molecule has 0 aliphatic rings. The standard InChI is InChI=1S/C20H23NO4/c1-20(2,3)25-19(23)21-17(15-10-6-4-7-11-15)14-24-18(22)16-12-8-5-9-13-16/h4-13,17H,14H2,1-3H3,(H,21,23)/t17-/m0/s1. The van der Waals surface area contributed by atoms with Gasteiger partial charge in [-0.25, -0.2) is 9.59 Å². The van der Waals surface area contributed by atoms with Gasteiger partial charge in [-0.05, 0) is 38.5 Å². The first-order chi connectivity index (χ1) is 11.8. The van der Waals surface area contributed by atoms with E-state index in [1.165, 1.54) is 0 Å². The molecule has 0 radical (unpaired) electrons. The Kier molecular flexibility index (Phi) is 6.17. The number of benzene rings is 2. The minimum absolute atomic E-state index is 0.0109. The van der Waals surface area contributed by atoms with Crippen LogP contribution in [0.3, 0.4) is 0 Å². The predicted molar refractivity (Wildman–Crippen MR) is 95.3 cm³/mol. The van der Waals surface area contributed by atoms with Crippen molar-refractivity contribution in [2.75, 3.05) is 6.61 Å². The lowest BCUT2D eigenvalue weighted by molar-refractivity contribution is 0.0368. The number of carbonyl (C=O) groups is 2. The molecule has 2 rings (SSSR count). The molecular formula is C20H23NO4. The number of rotatable bonds is 5. The maximum atomic E-state index is 12.1. The summed E-state index contributed by atoms with van der Waals surface area (Å²) in [5, 5.41) is 2.76. The van der Waals surface area contributed by atoms with Gasteiger partial charge in [0.05, 0.1) is 11.6 Å². The summed E-state index contributed by atoms with van der Waals surface area (Å²) < 4.78 is 10.7. The fraction of sp³-hybridized carbons (Fsp3) is 0.300. The summed E-state index contributed by atoms with van der Waals surface area (Å²) in [5.74, 6) is -0.437. The first kappa shape index (κ1) is 18.5. The Labute approximate surface area is 148 Å². The number of alkyl carbamates (subject to hydrolysis) is 1. The molecular weight excluding hydrogens is 318 g/mol. The smallest absolute Gasteiger partial charge is 0.408 e. The lowest BCUT2D eigenvalue weighted by Crippen LogP contribution is -2.37. The van der Waals surface area contributed by atoms with Gasteiger partial charge in [-0.15, -0.1) is 0 Å². The van der Waals surface area contributed by atoms with Crippen LogP contribution >= 0.6 is 0 Å². The van der Waals surface area contributed by atoms with Crippen molar-refractivity contribution in [2.45, 2.75) is 32.4 Å². The molecule has 1 N–H and O–H groups in total. The Morgan fingerprint density at radius 2 is 1.52 bits per heavy atom. The number of hydrogen-bond donors (Lipinski definition) is 1. The second-order valence-electron chi connectivity index (χ2n) is 6.57. The third-order valence-electron chi connectivity index (χ3n) is 3.28. The lowest BCUT2D eigenvalue weighted by atomic mass is 10.1. The van der Waals surface area contributed by atoms with Gasteiger partial charge >= 0.3 is 12.1 Å². The van der Waals surface area contributed by atoms with E-state index in [1.807, 2.05) is 36.4 Å². The molecule has 0 aromatic heterocycles. The summed E-state index contributed by atoms with van der Waals surface area (Å²) >= 11 is 0. The summed E-state index contributed by atoms with van der Waals surface area (Å²) in [6.07, 6.45) is -0.558. The molecule has 25 heavy (non-hydrogen) atoms. The summed E-state index contributed by atoms with van der Waals surface area (Å²) in [6.45, 7) is 5.38. The molecule has 2 aromatic rings. The van der Waals surface area contributed by atoms with Gasteiger partial charge in [-0.2, -0.15) is 0 Å². The van der Waals surface area contributed by atoms with Gasteiger partial charge in [0.15, 0.2) is 0 Å². The zero-order valence-electron chi connectivity index (χ0n) is 14.7. The van der Waals surface area contributed by atoms with E-state index >= 15 is 0 Å². The van der Waals surface area contributed by atoms with Crippen molar-refractivity contribution in [2.24, 2.45) is 0 Å². The van der Waals surface area contributed by atoms with E-state index in [2.05, 4.69) is 5.32 Å². The molecule has 1 amide bonds. The number of amides is 1. The molecule has 132 valence electrons. The van der Waals surface area contributed by atoms with Crippen molar-refractivity contribution >= 4 is 12.1 Å². The van der Waals surface area contributed by atoms with Crippen LogP contribution in [0, 0.1) is 0 Å². The Bertz CT molecular complexity index is 693. The van der Waals surface area contributed by atoms with E-state index in [9.17, 15) is 9.59 Å². The SMILES string of the molecule is CC(C)(C)OC(=O)N[C@@H](COC(=O)c1ccccc1)c1ccccc1. The molecule has 0 fully saturated rings. The van der Waals surface area contributed by atoms with Crippen LogP contribution < -0.4 is 5.32 Å². The Morgan fingerprint density at radius 1 is 0.960 bits per heavy atom. The topological polar surface area (TPSA) is 64.6 Å². The van der Waals surface area contributed by atoms with Crippen LogP contribution in [0.5, 0.6) is 0 Å². The number of hydrogen-bond acceptors (Lipinski definition) is 4. The highest BCUT2D eigenvalue weighted by molar-refractivity contribution is 5.89. The highest BCUT2D eigenvalue weighted by atomic mass is 16.6. The highest BCUT2D eigenvalue weighted by Crippen LogP contribution is 2.16. The van der Waals surface area contributed by atoms with Gasteiger partial charge in [-0.3, -0.25) is 0 Å². The lowest BCUT2D eigenvalue weighted by Gasteiger charge is -2.24. The van der Waals surface area contributed by atoms with Gasteiger partial charge in [-0.1, -0.05) is 48.5 Å². The van der Waals surface area contributed by atoms with Gasteiger partial charge in [0, 0.05) is 0 Å². The van der Waals surface area contributed by atoms with Crippen molar-refractivity contribution in [1.82, 2.24) is 5.32 Å².